The molecule has 0 aliphatic heterocycles. The second-order valence-electron chi connectivity index (χ2n) is 3.91. The van der Waals surface area contributed by atoms with E-state index in [1.807, 2.05) is 6.92 Å². The van der Waals surface area contributed by atoms with E-state index in [2.05, 4.69) is 11.2 Å². The summed E-state index contributed by atoms with van der Waals surface area (Å²) in [6.45, 7) is 4.65. The summed E-state index contributed by atoms with van der Waals surface area (Å²) in [5.74, 6) is 0.710. The Balaban J connectivity index is 4.49. The van der Waals surface area contributed by atoms with E-state index < -0.39 is 17.3 Å². The third kappa shape index (κ3) is 3.62. The topological polar surface area (TPSA) is 66.4 Å². The van der Waals surface area contributed by atoms with Crippen LogP contribution in [0.1, 0.15) is 33.6 Å². The molecule has 4 nitrogen and oxygen atoms in total. The smallest absolute Gasteiger partial charge is 0.318 e. The van der Waals surface area contributed by atoms with Gasteiger partial charge in [-0.3, -0.25) is 9.59 Å². The van der Waals surface area contributed by atoms with Gasteiger partial charge in [0.15, 0.2) is 0 Å². The Morgan fingerprint density at radius 2 is 2.07 bits per heavy atom. The third-order valence-corrected chi connectivity index (χ3v) is 2.19. The van der Waals surface area contributed by atoms with Crippen molar-refractivity contribution in [1.82, 2.24) is 5.32 Å². The predicted molar refractivity (Wildman–Crippen MR) is 57.1 cm³/mol. The van der Waals surface area contributed by atoms with Crippen LogP contribution in [0.5, 0.6) is 0 Å². The molecule has 0 heterocycles. The molecule has 0 saturated carbocycles. The number of carbonyl (C=O) groups excluding carboxylic acids is 1. The number of hydrogen-bond donors (Lipinski definition) is 2. The van der Waals surface area contributed by atoms with Gasteiger partial charge in [-0.15, -0.1) is 6.42 Å². The lowest BCUT2D eigenvalue weighted by atomic mass is 9.92. The molecule has 4 heteroatoms. The van der Waals surface area contributed by atoms with Gasteiger partial charge in [-0.1, -0.05) is 19.3 Å². The maximum atomic E-state index is 11.6. The van der Waals surface area contributed by atoms with Crippen LogP contribution in [0, 0.1) is 17.8 Å². The highest BCUT2D eigenvalue weighted by Gasteiger charge is 2.36. The number of carboxylic acid groups (broad SMARTS) is 1. The molecule has 0 aromatic heterocycles. The molecule has 0 aliphatic rings. The number of carbonyl (C=O) groups is 2. The molecule has 1 atom stereocenters. The molecule has 1 unspecified atom stereocenters. The van der Waals surface area contributed by atoms with Crippen molar-refractivity contribution in [2.75, 3.05) is 0 Å². The highest BCUT2D eigenvalue weighted by molar-refractivity contribution is 6.01. The average molecular weight is 211 g/mol. The van der Waals surface area contributed by atoms with Crippen LogP contribution in [0.2, 0.25) is 0 Å². The van der Waals surface area contributed by atoms with Crippen molar-refractivity contribution in [3.05, 3.63) is 0 Å². The molecule has 0 radical (unpaired) electrons. The van der Waals surface area contributed by atoms with Gasteiger partial charge in [0.2, 0.25) is 5.91 Å². The van der Waals surface area contributed by atoms with Crippen molar-refractivity contribution >= 4 is 11.9 Å². The number of hydrogen-bond acceptors (Lipinski definition) is 2. The molecule has 0 aromatic rings. The second kappa shape index (κ2) is 5.40. The Labute approximate surface area is 90.1 Å². The lowest BCUT2D eigenvalue weighted by Gasteiger charge is -2.21. The van der Waals surface area contributed by atoms with Crippen LogP contribution in [0.4, 0.5) is 0 Å². The van der Waals surface area contributed by atoms with Crippen LogP contribution in [0.15, 0.2) is 0 Å². The van der Waals surface area contributed by atoms with Gasteiger partial charge in [0.05, 0.1) is 6.04 Å². The van der Waals surface area contributed by atoms with Crippen molar-refractivity contribution in [2.45, 2.75) is 39.7 Å². The van der Waals surface area contributed by atoms with Gasteiger partial charge in [-0.2, -0.15) is 0 Å². The van der Waals surface area contributed by atoms with Crippen LogP contribution in [0.3, 0.4) is 0 Å². The number of rotatable bonds is 5. The molecular formula is C11H17NO3. The zero-order valence-corrected chi connectivity index (χ0v) is 9.33. The number of aliphatic carboxylic acids is 1. The zero-order chi connectivity index (χ0) is 12.1. The van der Waals surface area contributed by atoms with Gasteiger partial charge in [-0.25, -0.2) is 0 Å². The summed E-state index contributed by atoms with van der Waals surface area (Å²) in [4.78, 5) is 22.3. The van der Waals surface area contributed by atoms with Gasteiger partial charge in [0, 0.05) is 0 Å². The Hall–Kier alpha value is -1.50. The molecule has 84 valence electrons. The largest absolute Gasteiger partial charge is 0.480 e. The highest BCUT2D eigenvalue weighted by atomic mass is 16.4. The van der Waals surface area contributed by atoms with Crippen LogP contribution < -0.4 is 5.32 Å². The van der Waals surface area contributed by atoms with Gasteiger partial charge >= 0.3 is 5.97 Å². The predicted octanol–water partition coefficient (Wildman–Crippen LogP) is 1.02. The molecule has 0 spiro atoms. The maximum absolute atomic E-state index is 11.6. The summed E-state index contributed by atoms with van der Waals surface area (Å²) in [7, 11) is 0. The summed E-state index contributed by atoms with van der Waals surface area (Å²) in [6.07, 6.45) is 6.70. The molecule has 0 rings (SSSR count). The molecule has 0 saturated heterocycles. The fourth-order valence-electron chi connectivity index (χ4n) is 0.922. The molecule has 0 bridgehead atoms. The van der Waals surface area contributed by atoms with E-state index in [9.17, 15) is 9.59 Å². The van der Waals surface area contributed by atoms with E-state index >= 15 is 0 Å². The first-order valence-corrected chi connectivity index (χ1v) is 4.86. The average Bonchev–Trinajstić information content (AvgIpc) is 2.16. The lowest BCUT2D eigenvalue weighted by Crippen LogP contribution is -2.46. The standard InChI is InChI=1S/C11H17NO3/c1-5-7-8(6-2)12-9(13)11(3,4)10(14)15/h2,8H,5,7H2,1,3-4H3,(H,12,13)(H,14,15). The normalized spacial score (nSPS) is 12.7. The van der Waals surface area contributed by atoms with Crippen molar-refractivity contribution in [3.63, 3.8) is 0 Å². The fourth-order valence-corrected chi connectivity index (χ4v) is 0.922. The number of nitrogens with one attached hydrogen (secondary N) is 1. The quantitative estimate of drug-likeness (QED) is 0.527. The number of carboxylic acids is 1. The first-order valence-electron chi connectivity index (χ1n) is 4.86. The summed E-state index contributed by atoms with van der Waals surface area (Å²) < 4.78 is 0. The fraction of sp³-hybridized carbons (Fsp3) is 0.636. The van der Waals surface area contributed by atoms with Crippen molar-refractivity contribution in [3.8, 4) is 12.3 Å². The summed E-state index contributed by atoms with van der Waals surface area (Å²) >= 11 is 0. The summed E-state index contributed by atoms with van der Waals surface area (Å²) in [5.41, 5.74) is -1.44. The van der Waals surface area contributed by atoms with Crippen LogP contribution in [-0.4, -0.2) is 23.0 Å². The monoisotopic (exact) mass is 211 g/mol. The van der Waals surface area contributed by atoms with Gasteiger partial charge in [0.25, 0.3) is 0 Å². The summed E-state index contributed by atoms with van der Waals surface area (Å²) in [6, 6.07) is -0.388. The first kappa shape index (κ1) is 13.5. The second-order valence-corrected chi connectivity index (χ2v) is 3.91. The van der Waals surface area contributed by atoms with E-state index in [0.29, 0.717) is 6.42 Å². The molecule has 15 heavy (non-hydrogen) atoms. The van der Waals surface area contributed by atoms with Crippen LogP contribution in [0.25, 0.3) is 0 Å². The van der Waals surface area contributed by atoms with Gasteiger partial charge < -0.3 is 10.4 Å². The van der Waals surface area contributed by atoms with E-state index in [4.69, 9.17) is 11.5 Å². The molecule has 0 aliphatic carbocycles. The minimum Gasteiger partial charge on any atom is -0.480 e. The first-order chi connectivity index (χ1) is 6.86. The van der Waals surface area contributed by atoms with Crippen molar-refractivity contribution in [1.29, 1.82) is 0 Å². The SMILES string of the molecule is C#CC(CCC)NC(=O)C(C)(C)C(=O)O. The van der Waals surface area contributed by atoms with E-state index in [-0.39, 0.29) is 6.04 Å². The molecular weight excluding hydrogens is 194 g/mol. The molecule has 0 aromatic carbocycles. The molecule has 2 N–H and O–H groups in total. The van der Waals surface area contributed by atoms with Crippen LogP contribution in [-0.2, 0) is 9.59 Å². The third-order valence-electron chi connectivity index (χ3n) is 2.19. The number of terminal acetylenes is 1. The minimum absolute atomic E-state index is 0.388. The van der Waals surface area contributed by atoms with Gasteiger partial charge in [-0.05, 0) is 20.3 Å². The van der Waals surface area contributed by atoms with E-state index in [0.717, 1.165) is 6.42 Å². The Morgan fingerprint density at radius 1 is 1.53 bits per heavy atom. The lowest BCUT2D eigenvalue weighted by molar-refractivity contribution is -0.153. The van der Waals surface area contributed by atoms with E-state index in [1.54, 1.807) is 0 Å². The molecule has 0 fully saturated rings. The van der Waals surface area contributed by atoms with Crippen molar-refractivity contribution in [2.24, 2.45) is 5.41 Å². The van der Waals surface area contributed by atoms with Gasteiger partial charge in [0.1, 0.15) is 5.41 Å². The van der Waals surface area contributed by atoms with Crippen LogP contribution >= 0.6 is 0 Å². The summed E-state index contributed by atoms with van der Waals surface area (Å²) in [5, 5.41) is 11.3. The minimum atomic E-state index is -1.44. The Morgan fingerprint density at radius 3 is 2.40 bits per heavy atom. The molecule has 1 amide bonds. The highest BCUT2D eigenvalue weighted by Crippen LogP contribution is 2.15. The van der Waals surface area contributed by atoms with E-state index in [1.165, 1.54) is 13.8 Å². The number of amides is 1. The maximum Gasteiger partial charge on any atom is 0.318 e. The zero-order valence-electron chi connectivity index (χ0n) is 9.33. The Bertz CT molecular complexity index is 289. The Kier molecular flexibility index (Phi) is 4.86. The van der Waals surface area contributed by atoms with Crippen molar-refractivity contribution < 1.29 is 14.7 Å².